The van der Waals surface area contributed by atoms with Crippen LogP contribution < -0.4 is 0 Å². The van der Waals surface area contributed by atoms with Crippen LogP contribution in [0.5, 0.6) is 0 Å². The molecule has 2 aromatic rings. The second kappa shape index (κ2) is 6.27. The normalized spacial score (nSPS) is 26.1. The van der Waals surface area contributed by atoms with Crippen LogP contribution in [-0.4, -0.2) is 11.9 Å². The first-order valence-corrected chi connectivity index (χ1v) is 9.05. The Morgan fingerprint density at radius 1 is 0.962 bits per heavy atom. The number of esters is 2. The van der Waals surface area contributed by atoms with Gasteiger partial charge in [0.25, 0.3) is 0 Å². The maximum Gasteiger partial charge on any atom is 0.303 e. The summed E-state index contributed by atoms with van der Waals surface area (Å²) in [5.41, 5.74) is 3.73. The summed E-state index contributed by atoms with van der Waals surface area (Å²) in [7, 11) is 0. The Hall–Kier alpha value is -2.62. The number of benzene rings is 2. The van der Waals surface area contributed by atoms with Crippen molar-refractivity contribution in [2.24, 2.45) is 0 Å². The van der Waals surface area contributed by atoms with Crippen LogP contribution in [0.1, 0.15) is 61.0 Å². The molecule has 0 amide bonds. The van der Waals surface area contributed by atoms with E-state index in [1.165, 1.54) is 19.4 Å². The number of ether oxygens (including phenoxy) is 2. The Balaban J connectivity index is 1.84. The van der Waals surface area contributed by atoms with Gasteiger partial charge in [-0.3, -0.25) is 9.59 Å². The highest BCUT2D eigenvalue weighted by atomic mass is 16.6. The molecule has 0 aliphatic heterocycles. The molecule has 0 fully saturated rings. The fourth-order valence-electron chi connectivity index (χ4n) is 4.74. The van der Waals surface area contributed by atoms with Gasteiger partial charge in [-0.25, -0.2) is 0 Å². The summed E-state index contributed by atoms with van der Waals surface area (Å²) in [6.07, 6.45) is 1.95. The third kappa shape index (κ3) is 2.61. The minimum absolute atomic E-state index is 0.0319. The summed E-state index contributed by atoms with van der Waals surface area (Å²) in [5, 5.41) is 0. The molecule has 0 saturated carbocycles. The number of hydrogen-bond donors (Lipinski definition) is 0. The molecule has 0 bridgehead atoms. The fourth-order valence-corrected chi connectivity index (χ4v) is 4.74. The molecule has 4 nitrogen and oxygen atoms in total. The highest BCUT2D eigenvalue weighted by Crippen LogP contribution is 2.57. The first kappa shape index (κ1) is 16.8. The van der Waals surface area contributed by atoms with E-state index in [9.17, 15) is 9.59 Å². The summed E-state index contributed by atoms with van der Waals surface area (Å²) in [4.78, 5) is 23.6. The maximum atomic E-state index is 12.0. The van der Waals surface area contributed by atoms with E-state index in [1.54, 1.807) is 0 Å². The van der Waals surface area contributed by atoms with E-state index in [0.29, 0.717) is 6.42 Å². The number of hydrogen-bond acceptors (Lipinski definition) is 4. The van der Waals surface area contributed by atoms with Gasteiger partial charge >= 0.3 is 11.9 Å². The molecule has 2 aromatic carbocycles. The number of carbonyl (C=O) groups is 2. The Bertz CT molecular complexity index is 872. The van der Waals surface area contributed by atoms with Crippen LogP contribution >= 0.6 is 0 Å². The first-order valence-electron chi connectivity index (χ1n) is 9.05. The number of fused-ring (bicyclic) bond motifs is 2. The molecule has 2 aliphatic carbocycles. The molecule has 134 valence electrons. The second-order valence-electron chi connectivity index (χ2n) is 7.16. The van der Waals surface area contributed by atoms with Crippen molar-refractivity contribution in [2.75, 3.05) is 0 Å². The van der Waals surface area contributed by atoms with Crippen molar-refractivity contribution >= 4 is 11.9 Å². The maximum absolute atomic E-state index is 12.0. The van der Waals surface area contributed by atoms with Crippen LogP contribution in [0.3, 0.4) is 0 Å². The summed E-state index contributed by atoms with van der Waals surface area (Å²) in [6.45, 7) is 2.90. The molecule has 4 rings (SSSR count). The summed E-state index contributed by atoms with van der Waals surface area (Å²) >= 11 is 0. The number of aryl methyl sites for hydroxylation is 1. The molecular formula is C22H22O4. The summed E-state index contributed by atoms with van der Waals surface area (Å²) < 4.78 is 11.6. The van der Waals surface area contributed by atoms with E-state index < -0.39 is 5.60 Å². The van der Waals surface area contributed by atoms with Crippen molar-refractivity contribution in [1.29, 1.82) is 0 Å². The SMILES string of the molecule is CC(=O)OC1CC(C2(OC(C)=O)CCc3ccccc32)c2ccccc21. The summed E-state index contributed by atoms with van der Waals surface area (Å²) in [6, 6.07) is 16.2. The lowest BCUT2D eigenvalue weighted by atomic mass is 9.78. The van der Waals surface area contributed by atoms with Gasteiger partial charge in [0.05, 0.1) is 0 Å². The molecule has 3 unspecified atom stereocenters. The molecular weight excluding hydrogens is 328 g/mol. The highest BCUT2D eigenvalue weighted by molar-refractivity contribution is 5.68. The van der Waals surface area contributed by atoms with Crippen LogP contribution in [0.25, 0.3) is 0 Å². The van der Waals surface area contributed by atoms with E-state index in [4.69, 9.17) is 9.47 Å². The van der Waals surface area contributed by atoms with Gasteiger partial charge in [-0.2, -0.15) is 0 Å². The molecule has 3 atom stereocenters. The van der Waals surface area contributed by atoms with Gasteiger partial charge in [-0.05, 0) is 41.5 Å². The van der Waals surface area contributed by atoms with Crippen molar-refractivity contribution < 1.29 is 19.1 Å². The topological polar surface area (TPSA) is 52.6 Å². The summed E-state index contributed by atoms with van der Waals surface area (Å²) in [5.74, 6) is -0.607. The quantitative estimate of drug-likeness (QED) is 0.779. The zero-order valence-electron chi connectivity index (χ0n) is 15.0. The highest BCUT2D eigenvalue weighted by Gasteiger charge is 2.52. The van der Waals surface area contributed by atoms with Crippen molar-refractivity contribution in [3.05, 3.63) is 70.8 Å². The minimum Gasteiger partial charge on any atom is -0.458 e. The van der Waals surface area contributed by atoms with Crippen molar-refractivity contribution in [3.8, 4) is 0 Å². The Morgan fingerprint density at radius 2 is 1.65 bits per heavy atom. The monoisotopic (exact) mass is 350 g/mol. The third-order valence-electron chi connectivity index (χ3n) is 5.60. The minimum atomic E-state index is -0.701. The molecule has 4 heteroatoms. The number of rotatable bonds is 3. The molecule has 0 aromatic heterocycles. The lowest BCUT2D eigenvalue weighted by molar-refractivity contribution is -0.163. The van der Waals surface area contributed by atoms with E-state index >= 15 is 0 Å². The van der Waals surface area contributed by atoms with Crippen molar-refractivity contribution in [1.82, 2.24) is 0 Å². The average molecular weight is 350 g/mol. The zero-order valence-corrected chi connectivity index (χ0v) is 15.0. The Kier molecular flexibility index (Phi) is 4.06. The van der Waals surface area contributed by atoms with Gasteiger partial charge in [0, 0.05) is 19.8 Å². The zero-order chi connectivity index (χ0) is 18.3. The molecule has 26 heavy (non-hydrogen) atoms. The lowest BCUT2D eigenvalue weighted by Crippen LogP contribution is -2.35. The van der Waals surface area contributed by atoms with Crippen molar-refractivity contribution in [3.63, 3.8) is 0 Å². The number of carbonyl (C=O) groups excluding carboxylic acids is 2. The van der Waals surface area contributed by atoms with E-state index in [-0.39, 0.29) is 24.0 Å². The van der Waals surface area contributed by atoms with Gasteiger partial charge < -0.3 is 9.47 Å². The standard InChI is InChI=1S/C22H22O4/c1-14(23)25-21-13-20(17-8-4-5-9-18(17)21)22(26-15(2)24)12-11-16-7-3-6-10-19(16)22/h3-10,20-21H,11-13H2,1-2H3. The van der Waals surface area contributed by atoms with Gasteiger partial charge in [0.15, 0.2) is 0 Å². The smallest absolute Gasteiger partial charge is 0.303 e. The van der Waals surface area contributed by atoms with Gasteiger partial charge in [-0.1, -0.05) is 48.5 Å². The van der Waals surface area contributed by atoms with Gasteiger partial charge in [0.2, 0.25) is 0 Å². The van der Waals surface area contributed by atoms with Crippen LogP contribution in [0, 0.1) is 0 Å². The van der Waals surface area contributed by atoms with Crippen LogP contribution in [0.4, 0.5) is 0 Å². The molecule has 0 heterocycles. The molecule has 0 N–H and O–H groups in total. The molecule has 0 radical (unpaired) electrons. The van der Waals surface area contributed by atoms with Gasteiger partial charge in [-0.15, -0.1) is 0 Å². The fraction of sp³-hybridized carbons (Fsp3) is 0.364. The van der Waals surface area contributed by atoms with E-state index in [1.807, 2.05) is 30.3 Å². The largest absolute Gasteiger partial charge is 0.458 e. The predicted octanol–water partition coefficient (Wildman–Crippen LogP) is 4.18. The van der Waals surface area contributed by atoms with Crippen LogP contribution in [0.15, 0.2) is 48.5 Å². The Morgan fingerprint density at radius 3 is 2.38 bits per heavy atom. The Labute approximate surface area is 153 Å². The van der Waals surface area contributed by atoms with Crippen LogP contribution in [0.2, 0.25) is 0 Å². The second-order valence-corrected chi connectivity index (χ2v) is 7.16. The molecule has 0 spiro atoms. The average Bonchev–Trinajstić information content (AvgIpc) is 3.15. The lowest BCUT2D eigenvalue weighted by Gasteiger charge is -2.36. The van der Waals surface area contributed by atoms with Crippen LogP contribution in [-0.2, 0) is 31.1 Å². The molecule has 2 aliphatic rings. The predicted molar refractivity (Wildman–Crippen MR) is 96.5 cm³/mol. The van der Waals surface area contributed by atoms with E-state index in [0.717, 1.165) is 29.5 Å². The first-order chi connectivity index (χ1) is 12.5. The van der Waals surface area contributed by atoms with Gasteiger partial charge in [0.1, 0.15) is 11.7 Å². The van der Waals surface area contributed by atoms with Crippen molar-refractivity contribution in [2.45, 2.75) is 50.7 Å². The molecule has 0 saturated heterocycles. The van der Waals surface area contributed by atoms with E-state index in [2.05, 4.69) is 18.2 Å². The third-order valence-corrected chi connectivity index (χ3v) is 5.60.